The maximum atomic E-state index is 12.9. The van der Waals surface area contributed by atoms with Gasteiger partial charge in [0.05, 0.1) is 7.11 Å². The van der Waals surface area contributed by atoms with E-state index in [-0.39, 0.29) is 11.8 Å². The van der Waals surface area contributed by atoms with E-state index in [1.165, 1.54) is 14.2 Å². The quantitative estimate of drug-likeness (QED) is 0.330. The number of aliphatic hydroxyl groups is 1. The van der Waals surface area contributed by atoms with E-state index < -0.39 is 26.3 Å². The molecule has 0 fully saturated rings. The van der Waals surface area contributed by atoms with E-state index in [0.717, 1.165) is 0 Å². The lowest BCUT2D eigenvalue weighted by Crippen LogP contribution is -2.44. The molecule has 0 bridgehead atoms. The molecule has 2 atom stereocenters. The van der Waals surface area contributed by atoms with Gasteiger partial charge in [-0.3, -0.25) is 4.79 Å². The van der Waals surface area contributed by atoms with Gasteiger partial charge in [0.15, 0.2) is 6.79 Å². The highest BCUT2D eigenvalue weighted by Gasteiger charge is 2.41. The predicted molar refractivity (Wildman–Crippen MR) is 123 cm³/mol. The summed E-state index contributed by atoms with van der Waals surface area (Å²) in [5.41, 5.74) is 1.05. The van der Waals surface area contributed by atoms with E-state index >= 15 is 0 Å². The molecule has 0 heterocycles. The zero-order valence-electron chi connectivity index (χ0n) is 19.5. The molecule has 0 aliphatic carbocycles. The van der Waals surface area contributed by atoms with Crippen molar-refractivity contribution in [3.8, 4) is 11.5 Å². The van der Waals surface area contributed by atoms with Gasteiger partial charge in [-0.1, -0.05) is 57.2 Å². The lowest BCUT2D eigenvalue weighted by Gasteiger charge is -2.37. The third-order valence-electron chi connectivity index (χ3n) is 5.77. The minimum absolute atomic E-state index is 0.0255. The van der Waals surface area contributed by atoms with Gasteiger partial charge in [0.1, 0.15) is 23.5 Å². The molecule has 0 saturated heterocycles. The number of carbonyl (C=O) groups is 1. The average Bonchev–Trinajstić information content (AvgIpc) is 2.72. The van der Waals surface area contributed by atoms with Gasteiger partial charge in [0, 0.05) is 18.2 Å². The molecule has 170 valence electrons. The van der Waals surface area contributed by atoms with Crippen molar-refractivity contribution in [2.75, 3.05) is 21.0 Å². The predicted octanol–water partition coefficient (Wildman–Crippen LogP) is 5.04. The minimum atomic E-state index is -2.19. The number of hydrogen-bond donors (Lipinski definition) is 1. The number of carbonyl (C=O) groups excluding carboxylic acids is 1. The maximum absolute atomic E-state index is 12.9. The first-order chi connectivity index (χ1) is 14.5. The molecule has 1 N–H and O–H groups in total. The second-order valence-electron chi connectivity index (χ2n) is 8.93. The molecular weight excluding hydrogens is 412 g/mol. The fraction of sp³-hybridized carbons (Fsp3) is 0.458. The third kappa shape index (κ3) is 5.87. The third-order valence-corrected chi connectivity index (χ3v) is 10.1. The summed E-state index contributed by atoms with van der Waals surface area (Å²) in [6, 6.07) is 14.4. The molecule has 31 heavy (non-hydrogen) atoms. The Morgan fingerprint density at radius 2 is 1.52 bits per heavy atom. The Morgan fingerprint density at radius 1 is 0.968 bits per heavy atom. The molecule has 6 nitrogen and oxygen atoms in total. The largest absolute Gasteiger partial charge is 0.543 e. The Bertz CT molecular complexity index is 874. The van der Waals surface area contributed by atoms with Crippen LogP contribution in [0.15, 0.2) is 48.5 Å². The summed E-state index contributed by atoms with van der Waals surface area (Å²) in [4.78, 5) is 12.9. The fourth-order valence-electron chi connectivity index (χ4n) is 2.97. The van der Waals surface area contributed by atoms with Crippen molar-refractivity contribution < 1.29 is 28.5 Å². The van der Waals surface area contributed by atoms with Crippen LogP contribution < -0.4 is 9.16 Å². The molecule has 0 aliphatic rings. The van der Waals surface area contributed by atoms with Crippen molar-refractivity contribution in [2.45, 2.75) is 50.9 Å². The van der Waals surface area contributed by atoms with E-state index in [0.29, 0.717) is 22.6 Å². The number of para-hydroxylation sites is 2. The van der Waals surface area contributed by atoms with Crippen LogP contribution in [0.5, 0.6) is 11.5 Å². The zero-order valence-corrected chi connectivity index (χ0v) is 20.5. The molecule has 0 spiro atoms. The van der Waals surface area contributed by atoms with Gasteiger partial charge in [-0.25, -0.2) is 0 Å². The van der Waals surface area contributed by atoms with Gasteiger partial charge >= 0.3 is 5.97 Å². The highest BCUT2D eigenvalue weighted by Crippen LogP contribution is 2.43. The first-order valence-corrected chi connectivity index (χ1v) is 13.2. The minimum Gasteiger partial charge on any atom is -0.543 e. The Morgan fingerprint density at radius 3 is 2.06 bits per heavy atom. The first-order valence-electron chi connectivity index (χ1n) is 10.3. The van der Waals surface area contributed by atoms with Gasteiger partial charge in [0.2, 0.25) is 8.32 Å². The van der Waals surface area contributed by atoms with Crippen LogP contribution in [0.2, 0.25) is 18.1 Å². The fourth-order valence-corrected chi connectivity index (χ4v) is 4.01. The summed E-state index contributed by atoms with van der Waals surface area (Å²) in [6.07, 6.45) is -1.20. The van der Waals surface area contributed by atoms with Crippen LogP contribution in [-0.2, 0) is 14.3 Å². The number of rotatable bonds is 9. The first kappa shape index (κ1) is 24.9. The van der Waals surface area contributed by atoms with Crippen LogP contribution >= 0.6 is 0 Å². The highest BCUT2D eigenvalue weighted by molar-refractivity contribution is 6.74. The molecule has 0 aliphatic heterocycles. The van der Waals surface area contributed by atoms with Crippen molar-refractivity contribution >= 4 is 14.3 Å². The lowest BCUT2D eigenvalue weighted by molar-refractivity contribution is -0.145. The molecule has 7 heteroatoms. The van der Waals surface area contributed by atoms with Crippen molar-refractivity contribution in [1.29, 1.82) is 0 Å². The second kappa shape index (κ2) is 10.3. The van der Waals surface area contributed by atoms with Crippen molar-refractivity contribution in [2.24, 2.45) is 0 Å². The van der Waals surface area contributed by atoms with Crippen LogP contribution in [0.1, 0.15) is 43.9 Å². The van der Waals surface area contributed by atoms with E-state index in [1.54, 1.807) is 30.3 Å². The molecule has 2 unspecified atom stereocenters. The van der Waals surface area contributed by atoms with Gasteiger partial charge < -0.3 is 23.7 Å². The number of methoxy groups -OCH3 is 2. The SMILES string of the molecule is COCOc1ccccc1C(O)C(C(=O)OC)c1ccccc1O[Si](C)(C)C(C)(C)C. The summed E-state index contributed by atoms with van der Waals surface area (Å²) in [7, 11) is 0.645. The number of benzene rings is 2. The van der Waals surface area contributed by atoms with E-state index in [4.69, 9.17) is 18.6 Å². The molecule has 2 aromatic rings. The monoisotopic (exact) mass is 446 g/mol. The topological polar surface area (TPSA) is 74.2 Å². The van der Waals surface area contributed by atoms with Crippen LogP contribution in [0.25, 0.3) is 0 Å². The van der Waals surface area contributed by atoms with Crippen LogP contribution in [0, 0.1) is 0 Å². The molecule has 0 saturated carbocycles. The summed E-state index contributed by atoms with van der Waals surface area (Å²) in [6.45, 7) is 10.8. The summed E-state index contributed by atoms with van der Waals surface area (Å²) in [5.74, 6) is -0.522. The van der Waals surface area contributed by atoms with Crippen LogP contribution in [-0.4, -0.2) is 40.4 Å². The number of ether oxygens (including phenoxy) is 3. The Balaban J connectivity index is 2.54. The molecular formula is C24H34O6Si. The van der Waals surface area contributed by atoms with Gasteiger partial charge in [-0.2, -0.15) is 0 Å². The number of aliphatic hydroxyl groups excluding tert-OH is 1. The summed E-state index contributed by atoms with van der Waals surface area (Å²) >= 11 is 0. The van der Waals surface area contributed by atoms with Crippen LogP contribution in [0.3, 0.4) is 0 Å². The van der Waals surface area contributed by atoms with Gasteiger partial charge in [0.25, 0.3) is 0 Å². The molecule has 0 radical (unpaired) electrons. The van der Waals surface area contributed by atoms with Crippen molar-refractivity contribution in [1.82, 2.24) is 0 Å². The molecule has 0 amide bonds. The van der Waals surface area contributed by atoms with Crippen LogP contribution in [0.4, 0.5) is 0 Å². The van der Waals surface area contributed by atoms with Gasteiger partial charge in [-0.15, -0.1) is 0 Å². The zero-order chi connectivity index (χ0) is 23.2. The highest BCUT2D eigenvalue weighted by atomic mass is 28.4. The Kier molecular flexibility index (Phi) is 8.28. The lowest BCUT2D eigenvalue weighted by atomic mass is 9.88. The van der Waals surface area contributed by atoms with E-state index in [9.17, 15) is 9.90 Å². The van der Waals surface area contributed by atoms with Crippen molar-refractivity contribution in [3.63, 3.8) is 0 Å². The maximum Gasteiger partial charge on any atom is 0.316 e. The average molecular weight is 447 g/mol. The number of hydrogen-bond acceptors (Lipinski definition) is 6. The second-order valence-corrected chi connectivity index (χ2v) is 13.7. The smallest absolute Gasteiger partial charge is 0.316 e. The number of esters is 1. The Labute approximate surface area is 186 Å². The molecule has 2 rings (SSSR count). The summed E-state index contributed by atoms with van der Waals surface area (Å²) < 4.78 is 22.2. The van der Waals surface area contributed by atoms with E-state index in [2.05, 4.69) is 33.9 Å². The normalized spacial score (nSPS) is 13.9. The van der Waals surface area contributed by atoms with E-state index in [1.807, 2.05) is 18.2 Å². The standard InChI is InChI=1S/C24H34O6Si/c1-24(2,3)31(6,7)30-20-15-11-8-12-17(20)21(23(26)28-5)22(25)18-13-9-10-14-19(18)29-16-27-4/h8-15,21-22,25H,16H2,1-7H3. The summed E-state index contributed by atoms with van der Waals surface area (Å²) in [5, 5.41) is 11.3. The van der Waals surface area contributed by atoms with Crippen molar-refractivity contribution in [3.05, 3.63) is 59.7 Å². The van der Waals surface area contributed by atoms with Gasteiger partial charge in [-0.05, 0) is 30.3 Å². The molecule has 2 aromatic carbocycles. The Hall–Kier alpha value is -2.35. The molecule has 0 aromatic heterocycles.